The maximum atomic E-state index is 13.1. The number of alkyl halides is 3. The van der Waals surface area contributed by atoms with E-state index in [0.717, 1.165) is 49.9 Å². The lowest BCUT2D eigenvalue weighted by atomic mass is 9.74. The van der Waals surface area contributed by atoms with Gasteiger partial charge in [0, 0.05) is 43.6 Å². The molecule has 5 rings (SSSR count). The summed E-state index contributed by atoms with van der Waals surface area (Å²) in [7, 11) is 0. The lowest BCUT2D eigenvalue weighted by molar-refractivity contribution is -0.137. The molecule has 3 unspecified atom stereocenters. The zero-order chi connectivity index (χ0) is 25.4. The third-order valence-electron chi connectivity index (χ3n) is 7.64. The Morgan fingerprint density at radius 3 is 2.42 bits per heavy atom. The fourth-order valence-electron chi connectivity index (χ4n) is 5.58. The number of aromatic nitrogens is 1. The molecule has 0 radical (unpaired) electrons. The molecule has 2 fully saturated rings. The number of piperidine rings is 1. The molecule has 36 heavy (non-hydrogen) atoms. The summed E-state index contributed by atoms with van der Waals surface area (Å²) in [4.78, 5) is 19.6. The largest absolute Gasteiger partial charge is 0.490 e. The van der Waals surface area contributed by atoms with Crippen LogP contribution in [0.1, 0.15) is 62.2 Å². The van der Waals surface area contributed by atoms with Gasteiger partial charge in [-0.1, -0.05) is 13.8 Å². The second kappa shape index (κ2) is 9.79. The maximum absolute atomic E-state index is 13.1. The minimum atomic E-state index is -4.33. The number of benzene rings is 2. The summed E-state index contributed by atoms with van der Waals surface area (Å²) in [5.41, 5.74) is 1.32. The third-order valence-corrected chi connectivity index (χ3v) is 7.64. The minimum absolute atomic E-state index is 0.0105. The number of nitrogens with zero attached hydrogens (tertiary/aromatic N) is 2. The van der Waals surface area contributed by atoms with Crippen molar-refractivity contribution in [3.63, 3.8) is 0 Å². The molecule has 3 atom stereocenters. The topological polar surface area (TPSA) is 55.6 Å². The Labute approximate surface area is 208 Å². The third kappa shape index (κ3) is 5.22. The van der Waals surface area contributed by atoms with E-state index in [0.29, 0.717) is 41.8 Å². The van der Waals surface area contributed by atoms with Gasteiger partial charge >= 0.3 is 6.18 Å². The van der Waals surface area contributed by atoms with E-state index in [-0.39, 0.29) is 23.7 Å². The van der Waals surface area contributed by atoms with Gasteiger partial charge < -0.3 is 14.1 Å². The Morgan fingerprint density at radius 1 is 1.03 bits per heavy atom. The van der Waals surface area contributed by atoms with Gasteiger partial charge in [0.1, 0.15) is 17.4 Å². The second-order valence-corrected chi connectivity index (χ2v) is 10.4. The van der Waals surface area contributed by atoms with Crippen LogP contribution in [0.2, 0.25) is 0 Å². The average Bonchev–Trinajstić information content (AvgIpc) is 3.27. The number of carbonyl (C=O) groups excluding carboxylic acids is 1. The van der Waals surface area contributed by atoms with Gasteiger partial charge in [0.15, 0.2) is 5.58 Å². The van der Waals surface area contributed by atoms with Crippen molar-refractivity contribution in [1.29, 1.82) is 0 Å². The summed E-state index contributed by atoms with van der Waals surface area (Å²) in [5.74, 6) is 1.75. The Balaban J connectivity index is 1.20. The number of anilines is 1. The highest BCUT2D eigenvalue weighted by Gasteiger charge is 2.34. The predicted octanol–water partition coefficient (Wildman–Crippen LogP) is 7.15. The lowest BCUT2D eigenvalue weighted by Crippen LogP contribution is -2.38. The number of halogens is 3. The highest BCUT2D eigenvalue weighted by Crippen LogP contribution is 2.36. The smallest absolute Gasteiger partial charge is 0.416 e. The van der Waals surface area contributed by atoms with Crippen LogP contribution < -0.4 is 9.64 Å². The van der Waals surface area contributed by atoms with Gasteiger partial charge in [-0.05, 0) is 67.5 Å². The number of ether oxygens (including phenoxy) is 1. The number of hydrogen-bond donors (Lipinski definition) is 0. The molecule has 3 aromatic rings. The summed E-state index contributed by atoms with van der Waals surface area (Å²) in [6, 6.07) is 10.7. The van der Waals surface area contributed by atoms with Crippen LogP contribution in [0.25, 0.3) is 11.1 Å². The van der Waals surface area contributed by atoms with E-state index in [2.05, 4.69) is 23.7 Å². The fraction of sp³-hybridized carbons (Fsp3) is 0.500. The summed E-state index contributed by atoms with van der Waals surface area (Å²) >= 11 is 0. The fourth-order valence-corrected chi connectivity index (χ4v) is 5.58. The minimum Gasteiger partial charge on any atom is -0.490 e. The molecule has 192 valence electrons. The van der Waals surface area contributed by atoms with Gasteiger partial charge in [0.2, 0.25) is 5.78 Å². The van der Waals surface area contributed by atoms with Crippen molar-refractivity contribution in [2.24, 2.45) is 17.8 Å². The second-order valence-electron chi connectivity index (χ2n) is 10.4. The first kappa shape index (κ1) is 24.7. The van der Waals surface area contributed by atoms with Crippen LogP contribution in [-0.2, 0) is 6.18 Å². The number of Topliss-reactive ketones (excluding diaryl/α,β-unsaturated/α-hetero) is 1. The van der Waals surface area contributed by atoms with Crippen LogP contribution in [0.15, 0.2) is 46.9 Å². The molecule has 8 heteroatoms. The standard InChI is InChI=1S/C28H31F3N2O3/c1-17-3-9-23(18(2)15-17)26(34)27-32-24-10-8-22(16-25(24)36-27)35-21-11-13-33(14-12-21)20-6-4-19(5-7-20)28(29,30)31/h4-8,10,16-18,21,23H,3,9,11-15H2,1-2H3. The number of rotatable bonds is 5. The quantitative estimate of drug-likeness (QED) is 0.348. The number of oxazole rings is 1. The van der Waals surface area contributed by atoms with Crippen LogP contribution in [0.5, 0.6) is 5.75 Å². The van der Waals surface area contributed by atoms with E-state index in [4.69, 9.17) is 9.15 Å². The van der Waals surface area contributed by atoms with E-state index < -0.39 is 11.7 Å². The van der Waals surface area contributed by atoms with Crippen LogP contribution in [0, 0.1) is 17.8 Å². The summed E-state index contributed by atoms with van der Waals surface area (Å²) in [6.07, 6.45) is 0.129. The first-order valence-corrected chi connectivity index (χ1v) is 12.7. The Bertz CT molecular complexity index is 1210. The maximum Gasteiger partial charge on any atom is 0.416 e. The molecule has 1 aliphatic heterocycles. The molecule has 1 saturated heterocycles. The first-order valence-electron chi connectivity index (χ1n) is 12.7. The van der Waals surface area contributed by atoms with E-state index in [1.54, 1.807) is 6.07 Å². The number of hydrogen-bond acceptors (Lipinski definition) is 5. The van der Waals surface area contributed by atoms with Crippen LogP contribution >= 0.6 is 0 Å². The molecular weight excluding hydrogens is 469 g/mol. The summed E-state index contributed by atoms with van der Waals surface area (Å²) < 4.78 is 50.5. The Kier molecular flexibility index (Phi) is 6.70. The molecule has 0 amide bonds. The zero-order valence-corrected chi connectivity index (χ0v) is 20.6. The number of carbonyl (C=O) groups is 1. The van der Waals surface area contributed by atoms with Crippen molar-refractivity contribution < 1.29 is 27.1 Å². The first-order chi connectivity index (χ1) is 17.2. The molecule has 0 N–H and O–H groups in total. The Hall–Kier alpha value is -3.03. The highest BCUT2D eigenvalue weighted by molar-refractivity contribution is 5.96. The van der Waals surface area contributed by atoms with E-state index >= 15 is 0 Å². The van der Waals surface area contributed by atoms with Crippen molar-refractivity contribution in [2.75, 3.05) is 18.0 Å². The van der Waals surface area contributed by atoms with Gasteiger partial charge in [0.05, 0.1) is 5.56 Å². The summed E-state index contributed by atoms with van der Waals surface area (Å²) in [6.45, 7) is 5.75. The Morgan fingerprint density at radius 2 is 1.75 bits per heavy atom. The van der Waals surface area contributed by atoms with Gasteiger partial charge in [-0.2, -0.15) is 13.2 Å². The van der Waals surface area contributed by atoms with E-state index in [1.807, 2.05) is 12.1 Å². The van der Waals surface area contributed by atoms with E-state index in [9.17, 15) is 18.0 Å². The van der Waals surface area contributed by atoms with Gasteiger partial charge in [-0.3, -0.25) is 4.79 Å². The summed E-state index contributed by atoms with van der Waals surface area (Å²) in [5, 5.41) is 0. The van der Waals surface area contributed by atoms with Crippen molar-refractivity contribution in [2.45, 2.75) is 58.2 Å². The SMILES string of the molecule is CC1CCC(C(=O)c2nc3ccc(OC4CCN(c5ccc(C(F)(F)F)cc5)CC4)cc3o2)C(C)C1. The molecule has 2 aliphatic rings. The molecule has 1 aromatic heterocycles. The van der Waals surface area contributed by atoms with Gasteiger partial charge in [0.25, 0.3) is 5.89 Å². The van der Waals surface area contributed by atoms with Crippen LogP contribution in [-0.4, -0.2) is 30.0 Å². The van der Waals surface area contributed by atoms with Crippen molar-refractivity contribution in [3.8, 4) is 5.75 Å². The number of ketones is 1. The average molecular weight is 501 g/mol. The molecule has 5 nitrogen and oxygen atoms in total. The lowest BCUT2D eigenvalue weighted by Gasteiger charge is -2.33. The molecule has 1 aliphatic carbocycles. The predicted molar refractivity (Wildman–Crippen MR) is 131 cm³/mol. The molecule has 2 aromatic carbocycles. The molecule has 0 spiro atoms. The van der Waals surface area contributed by atoms with Crippen molar-refractivity contribution in [3.05, 3.63) is 53.9 Å². The molecular formula is C28H31F3N2O3. The molecule has 1 saturated carbocycles. The van der Waals surface area contributed by atoms with E-state index in [1.165, 1.54) is 12.1 Å². The van der Waals surface area contributed by atoms with Crippen LogP contribution in [0.4, 0.5) is 18.9 Å². The van der Waals surface area contributed by atoms with Crippen LogP contribution in [0.3, 0.4) is 0 Å². The zero-order valence-electron chi connectivity index (χ0n) is 20.6. The van der Waals surface area contributed by atoms with Crippen molar-refractivity contribution >= 4 is 22.6 Å². The molecule has 2 heterocycles. The van der Waals surface area contributed by atoms with Gasteiger partial charge in [-0.25, -0.2) is 4.98 Å². The monoisotopic (exact) mass is 500 g/mol. The molecule has 0 bridgehead atoms. The normalized spacial score (nSPS) is 23.7. The number of fused-ring (bicyclic) bond motifs is 1. The van der Waals surface area contributed by atoms with Gasteiger partial charge in [-0.15, -0.1) is 0 Å². The van der Waals surface area contributed by atoms with Crippen molar-refractivity contribution in [1.82, 2.24) is 4.98 Å². The highest BCUT2D eigenvalue weighted by atomic mass is 19.4.